The van der Waals surface area contributed by atoms with E-state index in [1.807, 2.05) is 0 Å². The zero-order chi connectivity index (χ0) is 19.5. The van der Waals surface area contributed by atoms with E-state index in [1.54, 1.807) is 10.8 Å². The Labute approximate surface area is 155 Å². The summed E-state index contributed by atoms with van der Waals surface area (Å²) in [5.41, 5.74) is -0.326. The van der Waals surface area contributed by atoms with Gasteiger partial charge in [-0.2, -0.15) is 14.0 Å². The number of halogens is 4. The maximum absolute atomic E-state index is 13.5. The molecule has 0 bridgehead atoms. The van der Waals surface area contributed by atoms with E-state index in [0.717, 1.165) is 18.2 Å². The molecule has 0 aliphatic heterocycles. The van der Waals surface area contributed by atoms with Crippen LogP contribution in [0.5, 0.6) is 11.5 Å². The van der Waals surface area contributed by atoms with Crippen molar-refractivity contribution in [1.82, 2.24) is 0 Å². The van der Waals surface area contributed by atoms with Crippen LogP contribution >= 0.6 is 15.9 Å². The number of hydrogen-bond acceptors (Lipinski definition) is 5. The molecule has 0 amide bonds. The Hall–Kier alpha value is -2.29. The largest absolute Gasteiger partial charge is 0.456 e. The molecule has 138 valence electrons. The van der Waals surface area contributed by atoms with Gasteiger partial charge in [0.15, 0.2) is 0 Å². The Morgan fingerprint density at radius 1 is 1.31 bits per heavy atom. The number of sulfonamides is 1. The lowest BCUT2D eigenvalue weighted by Crippen LogP contribution is -2.21. The quantitative estimate of drug-likeness (QED) is 0.698. The van der Waals surface area contributed by atoms with Crippen LogP contribution < -0.4 is 9.46 Å². The van der Waals surface area contributed by atoms with E-state index < -0.39 is 28.2 Å². The minimum Gasteiger partial charge on any atom is -0.456 e. The number of alkyl halides is 2. The Kier molecular flexibility index (Phi) is 6.12. The van der Waals surface area contributed by atoms with Gasteiger partial charge in [0.05, 0.1) is 28.4 Å². The third-order valence-electron chi connectivity index (χ3n) is 3.08. The normalized spacial score (nSPS) is 11.3. The van der Waals surface area contributed by atoms with Gasteiger partial charge in [-0.05, 0) is 40.2 Å². The zero-order valence-electron chi connectivity index (χ0n) is 12.7. The summed E-state index contributed by atoms with van der Waals surface area (Å²) in [5, 5.41) is 18.3. The second-order valence-corrected chi connectivity index (χ2v) is 7.30. The Balaban J connectivity index is 2.41. The fourth-order valence-electron chi connectivity index (χ4n) is 1.94. The SMILES string of the molecule is N#Cc1cc(F)cc(Oc2ccc(NS(=O)(=O)C(F)F)c(CO)c2Br)c1. The van der Waals surface area contributed by atoms with Gasteiger partial charge >= 0.3 is 5.76 Å². The van der Waals surface area contributed by atoms with Gasteiger partial charge in [-0.25, -0.2) is 12.8 Å². The smallest absolute Gasteiger partial charge is 0.355 e. The molecule has 2 N–H and O–H groups in total. The van der Waals surface area contributed by atoms with Crippen LogP contribution in [0.25, 0.3) is 0 Å². The molecule has 2 aromatic carbocycles. The van der Waals surface area contributed by atoms with Crippen molar-refractivity contribution >= 4 is 31.6 Å². The van der Waals surface area contributed by atoms with Gasteiger partial charge in [0.1, 0.15) is 17.3 Å². The number of nitrogens with one attached hydrogen (secondary N) is 1. The number of anilines is 1. The highest BCUT2D eigenvalue weighted by atomic mass is 79.9. The molecule has 0 spiro atoms. The third-order valence-corrected chi connectivity index (χ3v) is 4.92. The molecule has 0 aliphatic carbocycles. The summed E-state index contributed by atoms with van der Waals surface area (Å²) in [5.74, 6) is -4.34. The van der Waals surface area contributed by atoms with E-state index in [2.05, 4.69) is 15.9 Å². The summed E-state index contributed by atoms with van der Waals surface area (Å²) in [6.45, 7) is -0.703. The van der Waals surface area contributed by atoms with Gasteiger partial charge in [0, 0.05) is 11.6 Å². The van der Waals surface area contributed by atoms with Crippen molar-refractivity contribution in [2.45, 2.75) is 12.4 Å². The third kappa shape index (κ3) is 4.46. The fraction of sp³-hybridized carbons (Fsp3) is 0.133. The number of benzene rings is 2. The average molecular weight is 451 g/mol. The number of ether oxygens (including phenoxy) is 1. The van der Waals surface area contributed by atoms with Gasteiger partial charge in [0.2, 0.25) is 0 Å². The van der Waals surface area contributed by atoms with E-state index in [-0.39, 0.29) is 32.8 Å². The van der Waals surface area contributed by atoms with Crippen molar-refractivity contribution in [3.63, 3.8) is 0 Å². The Morgan fingerprint density at radius 3 is 2.58 bits per heavy atom. The number of nitriles is 1. The van der Waals surface area contributed by atoms with Crippen molar-refractivity contribution in [3.05, 3.63) is 51.7 Å². The summed E-state index contributed by atoms with van der Waals surface area (Å²) in [7, 11) is -4.93. The topological polar surface area (TPSA) is 99.4 Å². The van der Waals surface area contributed by atoms with Gasteiger partial charge in [-0.1, -0.05) is 0 Å². The van der Waals surface area contributed by atoms with Crippen LogP contribution in [0, 0.1) is 17.1 Å². The molecule has 0 heterocycles. The molecule has 2 rings (SSSR count). The van der Waals surface area contributed by atoms with E-state index in [9.17, 15) is 26.7 Å². The fourth-order valence-corrected chi connectivity index (χ4v) is 3.08. The molecule has 11 heteroatoms. The first-order valence-electron chi connectivity index (χ1n) is 6.78. The molecule has 0 radical (unpaired) electrons. The lowest BCUT2D eigenvalue weighted by Gasteiger charge is -2.15. The predicted molar refractivity (Wildman–Crippen MR) is 89.8 cm³/mol. The lowest BCUT2D eigenvalue weighted by atomic mass is 10.2. The van der Waals surface area contributed by atoms with E-state index in [4.69, 9.17) is 10.00 Å². The predicted octanol–water partition coefficient (Wildman–Crippen LogP) is 3.71. The monoisotopic (exact) mass is 450 g/mol. The maximum Gasteiger partial charge on any atom is 0.355 e. The van der Waals surface area contributed by atoms with Gasteiger partial charge in [-0.3, -0.25) is 4.72 Å². The summed E-state index contributed by atoms with van der Waals surface area (Å²) >= 11 is 3.08. The average Bonchev–Trinajstić information content (AvgIpc) is 2.56. The van der Waals surface area contributed by atoms with Crippen molar-refractivity contribution in [3.8, 4) is 17.6 Å². The first-order valence-corrected chi connectivity index (χ1v) is 9.12. The van der Waals surface area contributed by atoms with Crippen LogP contribution in [0.15, 0.2) is 34.8 Å². The summed E-state index contributed by atoms with van der Waals surface area (Å²) in [4.78, 5) is 0. The first kappa shape index (κ1) is 20.0. The van der Waals surface area contributed by atoms with Crippen LogP contribution in [0.1, 0.15) is 11.1 Å². The second kappa shape index (κ2) is 7.94. The van der Waals surface area contributed by atoms with Crippen molar-refractivity contribution in [1.29, 1.82) is 5.26 Å². The Bertz CT molecular complexity index is 978. The van der Waals surface area contributed by atoms with Crippen LogP contribution in [-0.4, -0.2) is 19.3 Å². The van der Waals surface area contributed by atoms with Crippen LogP contribution in [-0.2, 0) is 16.6 Å². The van der Waals surface area contributed by atoms with E-state index in [1.165, 1.54) is 12.1 Å². The number of rotatable bonds is 6. The van der Waals surface area contributed by atoms with Crippen LogP contribution in [0.3, 0.4) is 0 Å². The minimum atomic E-state index is -4.93. The number of nitrogens with zero attached hydrogens (tertiary/aromatic N) is 1. The molecule has 0 saturated heterocycles. The van der Waals surface area contributed by atoms with Crippen LogP contribution in [0.2, 0.25) is 0 Å². The zero-order valence-corrected chi connectivity index (χ0v) is 15.1. The molecule has 6 nitrogen and oxygen atoms in total. The molecular formula is C15H10BrF3N2O4S. The van der Waals surface area contributed by atoms with E-state index in [0.29, 0.717) is 0 Å². The molecule has 0 fully saturated rings. The van der Waals surface area contributed by atoms with Gasteiger partial charge in [-0.15, -0.1) is 0 Å². The molecule has 0 saturated carbocycles. The number of aliphatic hydroxyl groups excluding tert-OH is 1. The number of aliphatic hydroxyl groups is 1. The highest BCUT2D eigenvalue weighted by molar-refractivity contribution is 9.10. The van der Waals surface area contributed by atoms with Crippen molar-refractivity contribution < 1.29 is 31.4 Å². The summed E-state index contributed by atoms with van der Waals surface area (Å²) < 4.78 is 68.2. The lowest BCUT2D eigenvalue weighted by molar-refractivity contribution is 0.236. The van der Waals surface area contributed by atoms with Gasteiger partial charge in [0.25, 0.3) is 10.0 Å². The second-order valence-electron chi connectivity index (χ2n) is 4.86. The molecule has 0 aromatic heterocycles. The molecule has 2 aromatic rings. The van der Waals surface area contributed by atoms with Crippen molar-refractivity contribution in [2.75, 3.05) is 4.72 Å². The molecule has 0 aliphatic rings. The van der Waals surface area contributed by atoms with Crippen LogP contribution in [0.4, 0.5) is 18.9 Å². The first-order chi connectivity index (χ1) is 12.2. The van der Waals surface area contributed by atoms with E-state index >= 15 is 0 Å². The van der Waals surface area contributed by atoms with Crippen molar-refractivity contribution in [2.24, 2.45) is 0 Å². The summed E-state index contributed by atoms with van der Waals surface area (Å²) in [6, 6.07) is 7.37. The number of hydrogen-bond donors (Lipinski definition) is 2. The van der Waals surface area contributed by atoms with Gasteiger partial charge < -0.3 is 9.84 Å². The molecule has 26 heavy (non-hydrogen) atoms. The molecular weight excluding hydrogens is 441 g/mol. The standard InChI is InChI=1S/C15H10BrF3N2O4S/c16-14-11(7-22)12(21-26(23,24)15(18)19)1-2-13(14)25-10-4-8(6-20)3-9(17)5-10/h1-5,15,21-22H,7H2. The summed E-state index contributed by atoms with van der Waals surface area (Å²) in [6.07, 6.45) is 0. The minimum absolute atomic E-state index is 0.0137. The Morgan fingerprint density at radius 2 is 2.00 bits per heavy atom. The maximum atomic E-state index is 13.5. The molecule has 0 atom stereocenters. The molecule has 0 unspecified atom stereocenters. The highest BCUT2D eigenvalue weighted by Gasteiger charge is 2.25. The highest BCUT2D eigenvalue weighted by Crippen LogP contribution is 2.37.